The van der Waals surface area contributed by atoms with Crippen LogP contribution in [0.2, 0.25) is 0 Å². The van der Waals surface area contributed by atoms with Gasteiger partial charge in [0.05, 0.1) is 22.8 Å². The topological polar surface area (TPSA) is 127 Å². The van der Waals surface area contributed by atoms with Gasteiger partial charge in [0, 0.05) is 6.04 Å². The SMILES string of the molecule is O=C(N/N=C/c1cc2c(cc1[N+](=O)[O-])OCO2)C1CC(c2ccccc2)NN1. The van der Waals surface area contributed by atoms with Crippen molar-refractivity contribution in [2.24, 2.45) is 5.10 Å². The molecule has 10 heteroatoms. The van der Waals surface area contributed by atoms with Gasteiger partial charge in [-0.25, -0.2) is 16.3 Å². The molecule has 2 aliphatic rings. The van der Waals surface area contributed by atoms with Gasteiger partial charge in [-0.3, -0.25) is 14.9 Å². The first-order valence-electron chi connectivity index (χ1n) is 8.59. The molecule has 1 amide bonds. The minimum absolute atomic E-state index is 0.00670. The number of hydrazine groups is 1. The van der Waals surface area contributed by atoms with Crippen LogP contribution in [-0.4, -0.2) is 29.9 Å². The summed E-state index contributed by atoms with van der Waals surface area (Å²) in [6, 6.07) is 12.0. The van der Waals surface area contributed by atoms with Crippen molar-refractivity contribution >= 4 is 17.8 Å². The zero-order valence-corrected chi connectivity index (χ0v) is 14.6. The van der Waals surface area contributed by atoms with Crippen molar-refractivity contribution < 1.29 is 19.2 Å². The molecular weight excluding hydrogens is 366 g/mol. The first-order chi connectivity index (χ1) is 13.6. The molecule has 144 valence electrons. The number of carbonyl (C=O) groups is 1. The minimum Gasteiger partial charge on any atom is -0.454 e. The molecule has 10 nitrogen and oxygen atoms in total. The van der Waals surface area contributed by atoms with Crippen LogP contribution in [0.3, 0.4) is 0 Å². The van der Waals surface area contributed by atoms with E-state index in [0.717, 1.165) is 5.56 Å². The summed E-state index contributed by atoms with van der Waals surface area (Å²) in [5, 5.41) is 15.1. The van der Waals surface area contributed by atoms with Gasteiger partial charge in [-0.1, -0.05) is 30.3 Å². The highest BCUT2D eigenvalue weighted by molar-refractivity contribution is 5.89. The molecule has 1 fully saturated rings. The number of hydrogen-bond acceptors (Lipinski definition) is 8. The molecule has 4 rings (SSSR count). The molecule has 28 heavy (non-hydrogen) atoms. The monoisotopic (exact) mass is 383 g/mol. The van der Waals surface area contributed by atoms with Crippen LogP contribution < -0.4 is 25.8 Å². The number of rotatable bonds is 5. The molecule has 3 N–H and O–H groups in total. The van der Waals surface area contributed by atoms with E-state index in [4.69, 9.17) is 9.47 Å². The normalized spacial score (nSPS) is 20.4. The third-order valence-corrected chi connectivity index (χ3v) is 4.52. The van der Waals surface area contributed by atoms with Gasteiger partial charge in [-0.05, 0) is 18.1 Å². The van der Waals surface area contributed by atoms with Crippen molar-refractivity contribution in [3.63, 3.8) is 0 Å². The van der Waals surface area contributed by atoms with Gasteiger partial charge in [0.1, 0.15) is 6.04 Å². The van der Waals surface area contributed by atoms with Crippen molar-refractivity contribution in [2.75, 3.05) is 6.79 Å². The Kier molecular flexibility index (Phi) is 4.87. The Morgan fingerprint density at radius 2 is 1.96 bits per heavy atom. The van der Waals surface area contributed by atoms with Gasteiger partial charge in [-0.15, -0.1) is 0 Å². The molecule has 2 unspecified atom stereocenters. The average molecular weight is 383 g/mol. The molecule has 2 atom stereocenters. The van der Waals surface area contributed by atoms with Crippen molar-refractivity contribution in [1.82, 2.24) is 16.3 Å². The zero-order chi connectivity index (χ0) is 19.5. The van der Waals surface area contributed by atoms with Crippen molar-refractivity contribution in [3.8, 4) is 11.5 Å². The number of carbonyl (C=O) groups excluding carboxylic acids is 1. The fourth-order valence-electron chi connectivity index (χ4n) is 3.08. The predicted molar refractivity (Wildman–Crippen MR) is 98.8 cm³/mol. The highest BCUT2D eigenvalue weighted by atomic mass is 16.7. The lowest BCUT2D eigenvalue weighted by atomic mass is 10.0. The summed E-state index contributed by atoms with van der Waals surface area (Å²) >= 11 is 0. The predicted octanol–water partition coefficient (Wildman–Crippen LogP) is 1.38. The molecular formula is C18H17N5O5. The van der Waals surface area contributed by atoms with E-state index in [2.05, 4.69) is 21.4 Å². The summed E-state index contributed by atoms with van der Waals surface area (Å²) in [4.78, 5) is 23.0. The van der Waals surface area contributed by atoms with Crippen LogP contribution in [0.15, 0.2) is 47.6 Å². The molecule has 2 heterocycles. The highest BCUT2D eigenvalue weighted by Crippen LogP contribution is 2.37. The van der Waals surface area contributed by atoms with Crippen molar-refractivity contribution in [1.29, 1.82) is 0 Å². The Labute approximate surface area is 159 Å². The van der Waals surface area contributed by atoms with E-state index in [9.17, 15) is 14.9 Å². The number of nitro benzene ring substituents is 1. The molecule has 2 aliphatic heterocycles. The van der Waals surface area contributed by atoms with Crippen LogP contribution in [0.25, 0.3) is 0 Å². The maximum Gasteiger partial charge on any atom is 0.282 e. The van der Waals surface area contributed by atoms with Gasteiger partial charge in [0.15, 0.2) is 11.5 Å². The zero-order valence-electron chi connectivity index (χ0n) is 14.6. The maximum atomic E-state index is 12.3. The number of ether oxygens (including phenoxy) is 2. The van der Waals surface area contributed by atoms with E-state index in [1.165, 1.54) is 18.3 Å². The number of nitro groups is 1. The molecule has 2 aromatic rings. The Balaban J connectivity index is 1.40. The highest BCUT2D eigenvalue weighted by Gasteiger charge is 2.30. The van der Waals surface area contributed by atoms with E-state index in [1.807, 2.05) is 30.3 Å². The van der Waals surface area contributed by atoms with Gasteiger partial charge in [0.2, 0.25) is 6.79 Å². The first-order valence-corrected chi connectivity index (χ1v) is 8.59. The molecule has 0 spiro atoms. The molecule has 1 saturated heterocycles. The summed E-state index contributed by atoms with van der Waals surface area (Å²) in [7, 11) is 0. The van der Waals surface area contributed by atoms with Crippen LogP contribution in [0, 0.1) is 10.1 Å². The second kappa shape index (κ2) is 7.62. The van der Waals surface area contributed by atoms with Gasteiger partial charge in [0.25, 0.3) is 11.6 Å². The molecule has 0 bridgehead atoms. The first kappa shape index (κ1) is 17.9. The Hall–Kier alpha value is -3.50. The van der Waals surface area contributed by atoms with Crippen LogP contribution >= 0.6 is 0 Å². The molecule has 0 aromatic heterocycles. The van der Waals surface area contributed by atoms with Gasteiger partial charge >= 0.3 is 0 Å². The number of hydrazone groups is 1. The van der Waals surface area contributed by atoms with Gasteiger partial charge < -0.3 is 9.47 Å². The number of nitrogens with zero attached hydrogens (tertiary/aromatic N) is 2. The third kappa shape index (κ3) is 3.63. The van der Waals surface area contributed by atoms with Crippen LogP contribution in [0.5, 0.6) is 11.5 Å². The average Bonchev–Trinajstić information content (AvgIpc) is 3.37. The fourth-order valence-corrected chi connectivity index (χ4v) is 3.08. The van der Waals surface area contributed by atoms with Crippen LogP contribution in [0.4, 0.5) is 5.69 Å². The number of amides is 1. The van der Waals surface area contributed by atoms with E-state index in [0.29, 0.717) is 17.9 Å². The molecule has 0 aliphatic carbocycles. The summed E-state index contributed by atoms with van der Waals surface area (Å²) in [5.41, 5.74) is 9.52. The molecule has 0 saturated carbocycles. The summed E-state index contributed by atoms with van der Waals surface area (Å²) in [5.74, 6) is 0.359. The number of benzene rings is 2. The standard InChI is InChI=1S/C18H17N5O5/c24-18(14-7-13(20-21-14)11-4-2-1-3-5-11)22-19-9-12-6-16-17(28-10-27-16)8-15(12)23(25)26/h1-6,8-9,13-14,20-21H,7,10H2,(H,22,24)/b19-9+. The van der Waals surface area contributed by atoms with Crippen LogP contribution in [-0.2, 0) is 4.79 Å². The Morgan fingerprint density at radius 3 is 2.71 bits per heavy atom. The number of fused-ring (bicyclic) bond motifs is 1. The van der Waals surface area contributed by atoms with E-state index >= 15 is 0 Å². The minimum atomic E-state index is -0.544. The third-order valence-electron chi connectivity index (χ3n) is 4.52. The van der Waals surface area contributed by atoms with E-state index < -0.39 is 11.0 Å². The smallest absolute Gasteiger partial charge is 0.282 e. The quantitative estimate of drug-likeness (QED) is 0.404. The summed E-state index contributed by atoms with van der Waals surface area (Å²) in [6.45, 7) is 0.00670. The maximum absolute atomic E-state index is 12.3. The number of hydrogen-bond donors (Lipinski definition) is 3. The van der Waals surface area contributed by atoms with E-state index in [-0.39, 0.29) is 30.0 Å². The fraction of sp³-hybridized carbons (Fsp3) is 0.222. The second-order valence-corrected chi connectivity index (χ2v) is 6.30. The lowest BCUT2D eigenvalue weighted by Crippen LogP contribution is -2.41. The van der Waals surface area contributed by atoms with Crippen molar-refractivity contribution in [3.05, 3.63) is 63.7 Å². The largest absolute Gasteiger partial charge is 0.454 e. The lowest BCUT2D eigenvalue weighted by Gasteiger charge is -2.08. The Bertz CT molecular complexity index is 933. The molecule has 0 radical (unpaired) electrons. The lowest BCUT2D eigenvalue weighted by molar-refractivity contribution is -0.385. The van der Waals surface area contributed by atoms with Gasteiger partial charge in [-0.2, -0.15) is 5.10 Å². The van der Waals surface area contributed by atoms with Crippen LogP contribution in [0.1, 0.15) is 23.6 Å². The Morgan fingerprint density at radius 1 is 1.21 bits per heavy atom. The number of nitrogens with one attached hydrogen (secondary N) is 3. The molecule has 2 aromatic carbocycles. The summed E-state index contributed by atoms with van der Waals surface area (Å²) in [6.07, 6.45) is 1.77. The summed E-state index contributed by atoms with van der Waals surface area (Å²) < 4.78 is 10.4. The van der Waals surface area contributed by atoms with E-state index in [1.54, 1.807) is 0 Å². The second-order valence-electron chi connectivity index (χ2n) is 6.30. The van der Waals surface area contributed by atoms with Crippen molar-refractivity contribution in [2.45, 2.75) is 18.5 Å².